The summed E-state index contributed by atoms with van der Waals surface area (Å²) in [5.74, 6) is 1.20. The van der Waals surface area contributed by atoms with Crippen molar-refractivity contribution in [2.24, 2.45) is 0 Å². The number of halogens is 1. The van der Waals surface area contributed by atoms with Gasteiger partial charge in [-0.2, -0.15) is 10.4 Å². The Kier molecular flexibility index (Phi) is 6.41. The molecule has 5 heterocycles. The van der Waals surface area contributed by atoms with Gasteiger partial charge in [0.25, 0.3) is 0 Å². The van der Waals surface area contributed by atoms with E-state index >= 15 is 0 Å². The zero-order valence-corrected chi connectivity index (χ0v) is 20.1. The molecule has 0 unspecified atom stereocenters. The van der Waals surface area contributed by atoms with Gasteiger partial charge in [-0.05, 0) is 23.8 Å². The first-order valence-corrected chi connectivity index (χ1v) is 11.2. The van der Waals surface area contributed by atoms with Crippen LogP contribution in [0.15, 0.2) is 80.0 Å². The number of nitrogens with zero attached hydrogens (tertiary/aromatic N) is 10. The zero-order valence-electron chi connectivity index (χ0n) is 20.1. The zero-order chi connectivity index (χ0) is 25.8. The second-order valence-corrected chi connectivity index (χ2v) is 8.24. The molecule has 0 atom stereocenters. The first-order chi connectivity index (χ1) is 18.0. The van der Waals surface area contributed by atoms with Gasteiger partial charge in [0.2, 0.25) is 5.95 Å². The van der Waals surface area contributed by atoms with Gasteiger partial charge in [-0.3, -0.25) is 10.4 Å². The third-order valence-corrected chi connectivity index (χ3v) is 5.49. The average molecular weight is 496 g/mol. The number of nitrogens with one attached hydrogen (secondary N) is 1. The maximum atomic E-state index is 13.2. The SMILES string of the molecule is CN1C=CN(Nc2ncc(C#N)c(-c3ccc(N(C)Cc4ccc(-n5cc(F)cn5)nc4)nc3)n2)C=C1. The Morgan fingerprint density at radius 2 is 1.84 bits per heavy atom. The van der Waals surface area contributed by atoms with E-state index in [-0.39, 0.29) is 0 Å². The van der Waals surface area contributed by atoms with Crippen LogP contribution in [0.4, 0.5) is 16.2 Å². The number of aromatic nitrogens is 6. The summed E-state index contributed by atoms with van der Waals surface area (Å²) in [4.78, 5) is 21.6. The van der Waals surface area contributed by atoms with Crippen molar-refractivity contribution in [3.8, 4) is 23.1 Å². The van der Waals surface area contributed by atoms with Crippen molar-refractivity contribution in [3.63, 3.8) is 0 Å². The summed E-state index contributed by atoms with van der Waals surface area (Å²) in [5, 5.41) is 15.2. The molecule has 12 heteroatoms. The van der Waals surface area contributed by atoms with Gasteiger partial charge in [-0.1, -0.05) is 6.07 Å². The maximum absolute atomic E-state index is 13.2. The van der Waals surface area contributed by atoms with Gasteiger partial charge in [0.15, 0.2) is 11.6 Å². The van der Waals surface area contributed by atoms with Crippen LogP contribution < -0.4 is 10.3 Å². The van der Waals surface area contributed by atoms with E-state index in [1.54, 1.807) is 23.5 Å². The summed E-state index contributed by atoms with van der Waals surface area (Å²) in [7, 11) is 3.84. The minimum Gasteiger partial charge on any atom is -0.355 e. The Labute approximate surface area is 212 Å². The highest BCUT2D eigenvalue weighted by atomic mass is 19.1. The highest BCUT2D eigenvalue weighted by Crippen LogP contribution is 2.24. The number of pyridine rings is 2. The van der Waals surface area contributed by atoms with Crippen molar-refractivity contribution in [1.29, 1.82) is 5.26 Å². The molecule has 0 saturated heterocycles. The van der Waals surface area contributed by atoms with Gasteiger partial charge < -0.3 is 9.80 Å². The molecule has 0 radical (unpaired) electrons. The predicted molar refractivity (Wildman–Crippen MR) is 135 cm³/mol. The molecule has 11 nitrogen and oxygen atoms in total. The third kappa shape index (κ3) is 5.35. The molecule has 0 amide bonds. The highest BCUT2D eigenvalue weighted by molar-refractivity contribution is 5.67. The van der Waals surface area contributed by atoms with Gasteiger partial charge in [0, 0.05) is 63.4 Å². The number of hydrogen-bond donors (Lipinski definition) is 1. The summed E-state index contributed by atoms with van der Waals surface area (Å²) in [6.45, 7) is 0.560. The van der Waals surface area contributed by atoms with Crippen molar-refractivity contribution >= 4 is 11.8 Å². The van der Waals surface area contributed by atoms with Crippen molar-refractivity contribution in [2.45, 2.75) is 6.54 Å². The standard InChI is InChI=1S/C25H22FN11/c1-34-7-9-36(10-8-34)33-25-30-14-20(11-27)24(32-25)19-4-6-22(29-13-19)35(2)16-18-3-5-23(28-12-18)37-17-21(26)15-31-37/h3-10,12-15,17H,16H2,1-2H3,(H,30,32,33). The Hall–Kier alpha value is -5.31. The molecule has 1 aliphatic heterocycles. The Morgan fingerprint density at radius 3 is 2.49 bits per heavy atom. The average Bonchev–Trinajstić information content (AvgIpc) is 3.36. The molecular formula is C25H22FN11. The molecule has 1 N–H and O–H groups in total. The van der Waals surface area contributed by atoms with E-state index in [1.165, 1.54) is 17.1 Å². The fraction of sp³-hybridized carbons (Fsp3) is 0.120. The summed E-state index contributed by atoms with van der Waals surface area (Å²) in [6.07, 6.45) is 14.7. The fourth-order valence-corrected chi connectivity index (χ4v) is 3.56. The molecule has 0 saturated carbocycles. The van der Waals surface area contributed by atoms with Crippen LogP contribution >= 0.6 is 0 Å². The molecule has 5 rings (SSSR count). The highest BCUT2D eigenvalue weighted by Gasteiger charge is 2.13. The lowest BCUT2D eigenvalue weighted by Gasteiger charge is -2.22. The summed E-state index contributed by atoms with van der Waals surface area (Å²) in [5.41, 5.74) is 5.56. The van der Waals surface area contributed by atoms with Crippen molar-refractivity contribution in [3.05, 3.63) is 97.0 Å². The summed E-state index contributed by atoms with van der Waals surface area (Å²) < 4.78 is 14.6. The van der Waals surface area contributed by atoms with Crippen LogP contribution in [0.3, 0.4) is 0 Å². The number of anilines is 2. The van der Waals surface area contributed by atoms with E-state index in [0.29, 0.717) is 35.1 Å². The molecule has 0 aliphatic carbocycles. The lowest BCUT2D eigenvalue weighted by Crippen LogP contribution is -2.24. The van der Waals surface area contributed by atoms with Gasteiger partial charge in [-0.25, -0.2) is 29.0 Å². The monoisotopic (exact) mass is 495 g/mol. The smallest absolute Gasteiger partial charge is 0.242 e. The Bertz CT molecular complexity index is 1470. The van der Waals surface area contributed by atoms with Gasteiger partial charge in [-0.15, -0.1) is 0 Å². The number of rotatable bonds is 7. The largest absolute Gasteiger partial charge is 0.355 e. The van der Waals surface area contributed by atoms with E-state index < -0.39 is 5.82 Å². The Morgan fingerprint density at radius 1 is 1.00 bits per heavy atom. The lowest BCUT2D eigenvalue weighted by molar-refractivity contribution is 0.509. The molecule has 1 aliphatic rings. The third-order valence-electron chi connectivity index (χ3n) is 5.49. The number of hydrazine groups is 1. The van der Waals surface area contributed by atoms with Crippen molar-refractivity contribution in [2.75, 3.05) is 24.4 Å². The maximum Gasteiger partial charge on any atom is 0.242 e. The van der Waals surface area contributed by atoms with Gasteiger partial charge in [0.1, 0.15) is 11.9 Å². The topological polar surface area (TPSA) is 115 Å². The predicted octanol–water partition coefficient (Wildman–Crippen LogP) is 3.28. The lowest BCUT2D eigenvalue weighted by atomic mass is 10.1. The second-order valence-electron chi connectivity index (χ2n) is 8.24. The first-order valence-electron chi connectivity index (χ1n) is 11.2. The number of nitriles is 1. The molecule has 0 aromatic carbocycles. The second kappa shape index (κ2) is 10.1. The van der Waals surface area contributed by atoms with Crippen LogP contribution in [0, 0.1) is 17.1 Å². The van der Waals surface area contributed by atoms with Crippen LogP contribution in [-0.2, 0) is 6.54 Å². The van der Waals surface area contributed by atoms with Gasteiger partial charge in [0.05, 0.1) is 29.8 Å². The first kappa shape index (κ1) is 23.4. The van der Waals surface area contributed by atoms with Crippen LogP contribution in [0.2, 0.25) is 0 Å². The van der Waals surface area contributed by atoms with E-state index in [1.807, 2.05) is 66.9 Å². The normalized spacial score (nSPS) is 12.5. The molecular weight excluding hydrogens is 473 g/mol. The van der Waals surface area contributed by atoms with E-state index in [0.717, 1.165) is 17.6 Å². The van der Waals surface area contributed by atoms with Crippen LogP contribution in [0.1, 0.15) is 11.1 Å². The van der Waals surface area contributed by atoms with E-state index in [9.17, 15) is 9.65 Å². The minimum absolute atomic E-state index is 0.348. The van der Waals surface area contributed by atoms with E-state index in [2.05, 4.69) is 36.5 Å². The molecule has 4 aromatic heterocycles. The quantitative estimate of drug-likeness (QED) is 0.410. The van der Waals surface area contributed by atoms with Crippen LogP contribution in [0.25, 0.3) is 17.1 Å². The van der Waals surface area contributed by atoms with E-state index in [4.69, 9.17) is 0 Å². The van der Waals surface area contributed by atoms with Crippen LogP contribution in [-0.4, -0.2) is 53.7 Å². The molecule has 37 heavy (non-hydrogen) atoms. The summed E-state index contributed by atoms with van der Waals surface area (Å²) >= 11 is 0. The molecule has 0 spiro atoms. The molecule has 0 fully saturated rings. The Balaban J connectivity index is 1.29. The molecule has 0 bridgehead atoms. The molecule has 184 valence electrons. The van der Waals surface area contributed by atoms with Crippen molar-refractivity contribution < 1.29 is 4.39 Å². The van der Waals surface area contributed by atoms with Gasteiger partial charge >= 0.3 is 0 Å². The minimum atomic E-state index is -0.416. The van der Waals surface area contributed by atoms with Crippen molar-refractivity contribution in [1.82, 2.24) is 39.6 Å². The molecule has 4 aromatic rings. The summed E-state index contributed by atoms with van der Waals surface area (Å²) in [6, 6.07) is 9.57. The fourth-order valence-electron chi connectivity index (χ4n) is 3.56. The van der Waals surface area contributed by atoms with Crippen LogP contribution in [0.5, 0.6) is 0 Å². The number of hydrogen-bond acceptors (Lipinski definition) is 10.